The molecule has 0 heterocycles. The number of carbonyl (C=O) groups excluding carboxylic acids is 3. The van der Waals surface area contributed by atoms with Crippen molar-refractivity contribution in [1.82, 2.24) is 0 Å². The molecule has 0 radical (unpaired) electrons. The highest BCUT2D eigenvalue weighted by molar-refractivity contribution is 5.71. The highest BCUT2D eigenvalue weighted by Crippen LogP contribution is 2.11. The topological polar surface area (TPSA) is 78.9 Å². The van der Waals surface area contributed by atoms with Gasteiger partial charge < -0.3 is 14.2 Å². The molecule has 0 aromatic rings. The predicted octanol–water partition coefficient (Wildman–Crippen LogP) is 19.8. The first kappa shape index (κ1) is 68.0. The highest BCUT2D eigenvalue weighted by atomic mass is 16.6. The Morgan fingerprint density at radius 1 is 0.288 bits per heavy atom. The fraction of sp³-hybridized carbons (Fsp3) is 0.567. The summed E-state index contributed by atoms with van der Waals surface area (Å²) in [7, 11) is 0. The fourth-order valence-electron chi connectivity index (χ4n) is 7.15. The lowest BCUT2D eigenvalue weighted by Crippen LogP contribution is -2.30. The molecule has 0 saturated heterocycles. The Morgan fingerprint density at radius 2 is 0.548 bits per heavy atom. The normalized spacial score (nSPS) is 13.3. The summed E-state index contributed by atoms with van der Waals surface area (Å²) in [6.07, 6.45) is 86.6. The van der Waals surface area contributed by atoms with Gasteiger partial charge in [-0.2, -0.15) is 0 Å². The molecule has 0 saturated carbocycles. The van der Waals surface area contributed by atoms with Crippen molar-refractivity contribution in [2.75, 3.05) is 13.2 Å². The van der Waals surface area contributed by atoms with Gasteiger partial charge in [-0.05, 0) is 148 Å². The van der Waals surface area contributed by atoms with Gasteiger partial charge >= 0.3 is 17.9 Å². The second-order valence-electron chi connectivity index (χ2n) is 18.5. The quantitative estimate of drug-likeness (QED) is 0.0261. The molecule has 0 fully saturated rings. The average Bonchev–Trinajstić information content (AvgIpc) is 3.39. The molecule has 0 amide bonds. The van der Waals surface area contributed by atoms with Gasteiger partial charge in [0.15, 0.2) is 6.10 Å². The van der Waals surface area contributed by atoms with Crippen LogP contribution in [-0.2, 0) is 28.6 Å². The van der Waals surface area contributed by atoms with E-state index >= 15 is 0 Å². The third-order valence-corrected chi connectivity index (χ3v) is 11.5. The Hall–Kier alpha value is -4.97. The molecule has 0 spiro atoms. The van der Waals surface area contributed by atoms with Crippen LogP contribution in [0.5, 0.6) is 0 Å². The molecule has 0 aliphatic carbocycles. The summed E-state index contributed by atoms with van der Waals surface area (Å²) >= 11 is 0. The summed E-state index contributed by atoms with van der Waals surface area (Å²) in [6.45, 7) is 6.35. The summed E-state index contributed by atoms with van der Waals surface area (Å²) in [5, 5.41) is 0. The third kappa shape index (κ3) is 57.8. The van der Waals surface area contributed by atoms with Crippen molar-refractivity contribution in [2.45, 2.75) is 232 Å². The number of hydrogen-bond donors (Lipinski definition) is 0. The van der Waals surface area contributed by atoms with E-state index in [1.165, 1.54) is 51.4 Å². The van der Waals surface area contributed by atoms with Crippen molar-refractivity contribution in [3.05, 3.63) is 158 Å². The molecule has 0 aromatic heterocycles. The van der Waals surface area contributed by atoms with Crippen molar-refractivity contribution in [1.29, 1.82) is 0 Å². The molecule has 0 rings (SSSR count). The zero-order chi connectivity index (χ0) is 52.9. The maximum atomic E-state index is 12.9. The monoisotopic (exact) mass is 1000 g/mol. The summed E-state index contributed by atoms with van der Waals surface area (Å²) < 4.78 is 16.8. The standard InChI is InChI=1S/C67H104O6/c1-4-7-10-13-16-19-22-25-28-31-33-36-39-42-45-48-51-54-57-60-66(69)72-63-64(62-71-65(68)59-56-53-50-47-44-41-38-35-30-27-24-21-18-15-12-9-6-3)73-67(70)61-58-55-52-49-46-43-40-37-34-32-29-26-23-20-17-14-11-8-5-2/h7,10,16-21,25-30,33-34,36-38,41-43,45-47,50,64H,4-6,8-9,11-15,22-24,31-32,35,39-40,44,48-49,51-63H2,1-3H3/b10-7-,19-16-,20-17-,21-18-,28-25-,29-26-,30-27-,36-33-,37-34-,41-38-,45-42-,46-43-,50-47-/t64-/m0/s1. The number of rotatable bonds is 50. The maximum absolute atomic E-state index is 12.9. The third-order valence-electron chi connectivity index (χ3n) is 11.5. The van der Waals surface area contributed by atoms with E-state index in [1.54, 1.807) is 0 Å². The molecule has 408 valence electrons. The number of ether oxygens (including phenoxy) is 3. The van der Waals surface area contributed by atoms with Crippen molar-refractivity contribution in [3.8, 4) is 0 Å². The first-order valence-electron chi connectivity index (χ1n) is 29.0. The van der Waals surface area contributed by atoms with Crippen LogP contribution in [-0.4, -0.2) is 37.2 Å². The predicted molar refractivity (Wildman–Crippen MR) is 315 cm³/mol. The van der Waals surface area contributed by atoms with Crippen LogP contribution < -0.4 is 0 Å². The van der Waals surface area contributed by atoms with Crippen molar-refractivity contribution < 1.29 is 28.6 Å². The van der Waals surface area contributed by atoms with Gasteiger partial charge in [0.1, 0.15) is 13.2 Å². The van der Waals surface area contributed by atoms with E-state index in [0.29, 0.717) is 19.3 Å². The molecule has 0 aliphatic rings. The second kappa shape index (κ2) is 59.6. The minimum Gasteiger partial charge on any atom is -0.462 e. The molecule has 0 bridgehead atoms. The molecule has 0 aliphatic heterocycles. The summed E-state index contributed by atoms with van der Waals surface area (Å²) in [5.74, 6) is -1.06. The van der Waals surface area contributed by atoms with Crippen molar-refractivity contribution in [3.63, 3.8) is 0 Å². The van der Waals surface area contributed by atoms with Crippen LogP contribution in [0.15, 0.2) is 158 Å². The summed E-state index contributed by atoms with van der Waals surface area (Å²) in [6, 6.07) is 0. The Labute approximate surface area is 448 Å². The van der Waals surface area contributed by atoms with Crippen molar-refractivity contribution in [2.24, 2.45) is 0 Å². The van der Waals surface area contributed by atoms with Crippen LogP contribution in [0.2, 0.25) is 0 Å². The lowest BCUT2D eigenvalue weighted by Gasteiger charge is -2.18. The number of hydrogen-bond acceptors (Lipinski definition) is 6. The highest BCUT2D eigenvalue weighted by Gasteiger charge is 2.19. The van der Waals surface area contributed by atoms with Crippen LogP contribution >= 0.6 is 0 Å². The lowest BCUT2D eigenvalue weighted by molar-refractivity contribution is -0.167. The zero-order valence-electron chi connectivity index (χ0n) is 46.6. The van der Waals surface area contributed by atoms with Gasteiger partial charge in [-0.1, -0.05) is 217 Å². The van der Waals surface area contributed by atoms with Gasteiger partial charge in [0.2, 0.25) is 0 Å². The lowest BCUT2D eigenvalue weighted by atomic mass is 10.1. The number of unbranched alkanes of at least 4 members (excludes halogenated alkanes) is 13. The minimum atomic E-state index is -0.840. The number of esters is 3. The largest absolute Gasteiger partial charge is 0.462 e. The van der Waals surface area contributed by atoms with E-state index in [-0.39, 0.29) is 44.0 Å². The molecule has 0 aromatic carbocycles. The van der Waals surface area contributed by atoms with Crippen LogP contribution in [0, 0.1) is 0 Å². The van der Waals surface area contributed by atoms with Gasteiger partial charge in [-0.3, -0.25) is 14.4 Å². The van der Waals surface area contributed by atoms with Crippen LogP contribution in [0.3, 0.4) is 0 Å². The molecule has 0 N–H and O–H groups in total. The van der Waals surface area contributed by atoms with Gasteiger partial charge in [-0.25, -0.2) is 0 Å². The average molecular weight is 1010 g/mol. The maximum Gasteiger partial charge on any atom is 0.306 e. The Kier molecular flexibility index (Phi) is 55.5. The van der Waals surface area contributed by atoms with Gasteiger partial charge in [0, 0.05) is 19.3 Å². The first-order valence-corrected chi connectivity index (χ1v) is 29.0. The van der Waals surface area contributed by atoms with Crippen LogP contribution in [0.1, 0.15) is 226 Å². The molecule has 6 heteroatoms. The van der Waals surface area contributed by atoms with E-state index in [1.807, 2.05) is 0 Å². The van der Waals surface area contributed by atoms with Crippen LogP contribution in [0.25, 0.3) is 0 Å². The smallest absolute Gasteiger partial charge is 0.306 e. The SMILES string of the molecule is CC/C=C\C/C=C\C/C=C\C/C=C\C/C=C\CCCCCC(=O)OC[C@H](COC(=O)CCC/C=C\C/C=C\C/C=C\C/C=C\CCCCC)OC(=O)CCCCC/C=C\C/C=C\C/C=C\C/C=C\CCCCC. The van der Waals surface area contributed by atoms with Crippen molar-refractivity contribution >= 4 is 17.9 Å². The molecule has 6 nitrogen and oxygen atoms in total. The molecular weight excluding hydrogens is 901 g/mol. The van der Waals surface area contributed by atoms with Gasteiger partial charge in [0.25, 0.3) is 0 Å². The van der Waals surface area contributed by atoms with E-state index in [4.69, 9.17) is 14.2 Å². The summed E-state index contributed by atoms with van der Waals surface area (Å²) in [4.78, 5) is 38.2. The molecule has 73 heavy (non-hydrogen) atoms. The summed E-state index contributed by atoms with van der Waals surface area (Å²) in [5.41, 5.74) is 0. The number of carbonyl (C=O) groups is 3. The van der Waals surface area contributed by atoms with Crippen LogP contribution in [0.4, 0.5) is 0 Å². The second-order valence-corrected chi connectivity index (χ2v) is 18.5. The van der Waals surface area contributed by atoms with E-state index in [9.17, 15) is 14.4 Å². The first-order chi connectivity index (χ1) is 36.0. The molecule has 1 atom stereocenters. The number of allylic oxidation sites excluding steroid dienone is 26. The Balaban J connectivity index is 4.63. The van der Waals surface area contributed by atoms with Gasteiger partial charge in [-0.15, -0.1) is 0 Å². The fourth-order valence-corrected chi connectivity index (χ4v) is 7.15. The van der Waals surface area contributed by atoms with Gasteiger partial charge in [0.05, 0.1) is 0 Å². The minimum absolute atomic E-state index is 0.133. The van der Waals surface area contributed by atoms with E-state index < -0.39 is 6.10 Å². The molecular formula is C67H104O6. The van der Waals surface area contributed by atoms with E-state index in [2.05, 4.69) is 179 Å². The molecule has 0 unspecified atom stereocenters. The van der Waals surface area contributed by atoms with E-state index in [0.717, 1.165) is 122 Å². The Bertz CT molecular complexity index is 1670. The Morgan fingerprint density at radius 3 is 0.863 bits per heavy atom. The zero-order valence-corrected chi connectivity index (χ0v) is 46.6.